The molecule has 3 atom stereocenters. The van der Waals surface area contributed by atoms with Crippen molar-refractivity contribution in [3.63, 3.8) is 0 Å². The van der Waals surface area contributed by atoms with Crippen LogP contribution in [-0.4, -0.2) is 47.6 Å². The highest BCUT2D eigenvalue weighted by atomic mass is 16.3. The molecule has 0 radical (unpaired) electrons. The number of primary amides is 1. The summed E-state index contributed by atoms with van der Waals surface area (Å²) in [5.41, 5.74) is 12.0. The van der Waals surface area contributed by atoms with Crippen molar-refractivity contribution in [2.24, 2.45) is 17.4 Å². The molecular formula is C18H28N4O4. The van der Waals surface area contributed by atoms with Gasteiger partial charge < -0.3 is 27.2 Å². The number of aliphatic hydroxyl groups excluding tert-OH is 1. The van der Waals surface area contributed by atoms with E-state index in [2.05, 4.69) is 10.6 Å². The Bertz CT molecular complexity index is 606. The van der Waals surface area contributed by atoms with Crippen LogP contribution in [-0.2, 0) is 20.8 Å². The highest BCUT2D eigenvalue weighted by molar-refractivity contribution is 5.92. The summed E-state index contributed by atoms with van der Waals surface area (Å²) in [7, 11) is 0. The maximum absolute atomic E-state index is 12.3. The van der Waals surface area contributed by atoms with E-state index < -0.39 is 42.5 Å². The third-order valence-electron chi connectivity index (χ3n) is 3.82. The molecule has 0 bridgehead atoms. The van der Waals surface area contributed by atoms with E-state index in [-0.39, 0.29) is 5.92 Å². The third kappa shape index (κ3) is 7.20. The lowest BCUT2D eigenvalue weighted by molar-refractivity contribution is -0.132. The summed E-state index contributed by atoms with van der Waals surface area (Å²) in [6.07, 6.45) is 0.657. The maximum Gasteiger partial charge on any atom is 0.245 e. The molecule has 1 rings (SSSR count). The molecule has 0 saturated carbocycles. The number of hydrogen-bond acceptors (Lipinski definition) is 5. The first-order chi connectivity index (χ1) is 12.2. The molecule has 0 saturated heterocycles. The standard InChI is InChI=1S/C18H28N4O4/c1-11(2)8-14(16(20)24)21-18(26)15(10-23)22-17(25)13(19)9-12-6-4-3-5-7-12/h3-7,11,13-15,23H,8-10,19H2,1-2H3,(H2,20,24)(H,21,26)(H,22,25)/t13-,14-,15-/m0/s1. The van der Waals surface area contributed by atoms with E-state index in [4.69, 9.17) is 11.5 Å². The second kappa shape index (κ2) is 10.5. The Hall–Kier alpha value is -2.45. The van der Waals surface area contributed by atoms with Crippen molar-refractivity contribution in [1.82, 2.24) is 10.6 Å². The number of rotatable bonds is 10. The lowest BCUT2D eigenvalue weighted by atomic mass is 10.0. The zero-order valence-electron chi connectivity index (χ0n) is 15.1. The molecule has 3 amide bonds. The number of amides is 3. The molecule has 8 heteroatoms. The minimum atomic E-state index is -1.21. The Balaban J connectivity index is 2.64. The fourth-order valence-electron chi connectivity index (χ4n) is 2.42. The number of nitrogens with one attached hydrogen (secondary N) is 2. The van der Waals surface area contributed by atoms with E-state index in [9.17, 15) is 19.5 Å². The van der Waals surface area contributed by atoms with Crippen LogP contribution in [0.15, 0.2) is 30.3 Å². The van der Waals surface area contributed by atoms with Crippen LogP contribution in [0.25, 0.3) is 0 Å². The van der Waals surface area contributed by atoms with Crippen LogP contribution >= 0.6 is 0 Å². The van der Waals surface area contributed by atoms with Crippen LogP contribution in [0, 0.1) is 5.92 Å². The number of benzene rings is 1. The molecule has 26 heavy (non-hydrogen) atoms. The van der Waals surface area contributed by atoms with Gasteiger partial charge in [0.2, 0.25) is 17.7 Å². The first kappa shape index (κ1) is 21.6. The molecule has 0 unspecified atom stereocenters. The Morgan fingerprint density at radius 2 is 1.62 bits per heavy atom. The molecular weight excluding hydrogens is 336 g/mol. The predicted octanol–water partition coefficient (Wildman–Crippen LogP) is -0.950. The largest absolute Gasteiger partial charge is 0.394 e. The summed E-state index contributed by atoms with van der Waals surface area (Å²) in [6.45, 7) is 3.15. The van der Waals surface area contributed by atoms with Gasteiger partial charge in [0.25, 0.3) is 0 Å². The van der Waals surface area contributed by atoms with E-state index in [0.717, 1.165) is 5.56 Å². The summed E-state index contributed by atoms with van der Waals surface area (Å²) < 4.78 is 0. The van der Waals surface area contributed by atoms with E-state index in [1.54, 1.807) is 0 Å². The lowest BCUT2D eigenvalue weighted by Crippen LogP contribution is -2.57. The van der Waals surface area contributed by atoms with E-state index in [1.165, 1.54) is 0 Å². The van der Waals surface area contributed by atoms with Crippen LogP contribution in [0.2, 0.25) is 0 Å². The molecule has 0 aliphatic heterocycles. The topological polar surface area (TPSA) is 148 Å². The SMILES string of the molecule is CC(C)C[C@H](NC(=O)[C@H](CO)NC(=O)[C@@H](N)Cc1ccccc1)C(N)=O. The average Bonchev–Trinajstić information content (AvgIpc) is 2.58. The van der Waals surface area contributed by atoms with Gasteiger partial charge in [-0.1, -0.05) is 44.2 Å². The van der Waals surface area contributed by atoms with Gasteiger partial charge in [-0.15, -0.1) is 0 Å². The van der Waals surface area contributed by atoms with Crippen LogP contribution in [0.4, 0.5) is 0 Å². The number of carbonyl (C=O) groups is 3. The number of hydrogen-bond donors (Lipinski definition) is 5. The van der Waals surface area contributed by atoms with Crippen LogP contribution in [0.1, 0.15) is 25.8 Å². The van der Waals surface area contributed by atoms with Gasteiger partial charge in [-0.2, -0.15) is 0 Å². The highest BCUT2D eigenvalue weighted by Crippen LogP contribution is 2.05. The minimum absolute atomic E-state index is 0.134. The molecule has 0 aromatic heterocycles. The first-order valence-corrected chi connectivity index (χ1v) is 8.55. The van der Waals surface area contributed by atoms with Crippen LogP contribution in [0.5, 0.6) is 0 Å². The van der Waals surface area contributed by atoms with Gasteiger partial charge in [-0.3, -0.25) is 14.4 Å². The fourth-order valence-corrected chi connectivity index (χ4v) is 2.42. The quantitative estimate of drug-likeness (QED) is 0.363. The first-order valence-electron chi connectivity index (χ1n) is 8.55. The van der Waals surface area contributed by atoms with Gasteiger partial charge in [-0.05, 0) is 24.3 Å². The van der Waals surface area contributed by atoms with Gasteiger partial charge in [0.1, 0.15) is 12.1 Å². The summed E-state index contributed by atoms with van der Waals surface area (Å²) in [6, 6.07) is 6.25. The van der Waals surface area contributed by atoms with Crippen molar-refractivity contribution in [2.75, 3.05) is 6.61 Å². The summed E-state index contributed by atoms with van der Waals surface area (Å²) in [5.74, 6) is -1.79. The summed E-state index contributed by atoms with van der Waals surface area (Å²) >= 11 is 0. The molecule has 0 spiro atoms. The summed E-state index contributed by atoms with van der Waals surface area (Å²) in [5, 5.41) is 14.3. The Labute approximate surface area is 153 Å². The van der Waals surface area contributed by atoms with Gasteiger partial charge >= 0.3 is 0 Å². The Morgan fingerprint density at radius 1 is 1.04 bits per heavy atom. The minimum Gasteiger partial charge on any atom is -0.394 e. The molecule has 0 fully saturated rings. The fraction of sp³-hybridized carbons (Fsp3) is 0.500. The molecule has 1 aromatic carbocycles. The van der Waals surface area contributed by atoms with Crippen molar-refractivity contribution < 1.29 is 19.5 Å². The van der Waals surface area contributed by atoms with Crippen molar-refractivity contribution in [3.05, 3.63) is 35.9 Å². The second-order valence-electron chi connectivity index (χ2n) is 6.63. The van der Waals surface area contributed by atoms with Gasteiger partial charge in [0.05, 0.1) is 12.6 Å². The normalized spacial score (nSPS) is 14.3. The van der Waals surface area contributed by atoms with Gasteiger partial charge in [-0.25, -0.2) is 0 Å². The molecule has 0 heterocycles. The maximum atomic E-state index is 12.3. The average molecular weight is 364 g/mol. The number of carbonyl (C=O) groups excluding carboxylic acids is 3. The highest BCUT2D eigenvalue weighted by Gasteiger charge is 2.27. The van der Waals surface area contributed by atoms with Crippen molar-refractivity contribution in [1.29, 1.82) is 0 Å². The zero-order chi connectivity index (χ0) is 19.7. The predicted molar refractivity (Wildman–Crippen MR) is 97.7 cm³/mol. The van der Waals surface area contributed by atoms with E-state index in [1.807, 2.05) is 44.2 Å². The molecule has 1 aromatic rings. The summed E-state index contributed by atoms with van der Waals surface area (Å²) in [4.78, 5) is 35.9. The number of nitrogens with two attached hydrogens (primary N) is 2. The van der Waals surface area contributed by atoms with Crippen LogP contribution in [0.3, 0.4) is 0 Å². The van der Waals surface area contributed by atoms with E-state index >= 15 is 0 Å². The Kier molecular flexibility index (Phi) is 8.74. The monoisotopic (exact) mass is 364 g/mol. The molecule has 0 aliphatic carbocycles. The zero-order valence-corrected chi connectivity index (χ0v) is 15.1. The molecule has 8 nitrogen and oxygen atoms in total. The lowest BCUT2D eigenvalue weighted by Gasteiger charge is -2.22. The van der Waals surface area contributed by atoms with Crippen molar-refractivity contribution in [2.45, 2.75) is 44.8 Å². The van der Waals surface area contributed by atoms with E-state index in [0.29, 0.717) is 12.8 Å². The molecule has 0 aliphatic rings. The smallest absolute Gasteiger partial charge is 0.245 e. The Morgan fingerprint density at radius 3 is 2.12 bits per heavy atom. The van der Waals surface area contributed by atoms with Gasteiger partial charge in [0.15, 0.2) is 0 Å². The molecule has 144 valence electrons. The third-order valence-corrected chi connectivity index (χ3v) is 3.82. The van der Waals surface area contributed by atoms with Crippen molar-refractivity contribution >= 4 is 17.7 Å². The number of aliphatic hydroxyl groups is 1. The molecule has 7 N–H and O–H groups in total. The van der Waals surface area contributed by atoms with Crippen LogP contribution < -0.4 is 22.1 Å². The second-order valence-corrected chi connectivity index (χ2v) is 6.63. The van der Waals surface area contributed by atoms with Crippen molar-refractivity contribution in [3.8, 4) is 0 Å². The van der Waals surface area contributed by atoms with Gasteiger partial charge in [0, 0.05) is 0 Å².